The Morgan fingerprint density at radius 2 is 2.00 bits per heavy atom. The highest BCUT2D eigenvalue weighted by Gasteiger charge is 2.28. The molecule has 0 spiro atoms. The molecule has 0 aromatic carbocycles. The minimum atomic E-state index is 0.0725. The van der Waals surface area contributed by atoms with Crippen molar-refractivity contribution in [2.45, 2.75) is 59.9 Å². The Balaban J connectivity index is 4.27. The third-order valence-electron chi connectivity index (χ3n) is 3.09. The van der Waals surface area contributed by atoms with E-state index in [-0.39, 0.29) is 17.4 Å². The van der Waals surface area contributed by atoms with Crippen LogP contribution in [0.4, 0.5) is 0 Å². The lowest BCUT2D eigenvalue weighted by Gasteiger charge is -2.35. The summed E-state index contributed by atoms with van der Waals surface area (Å²) in [5, 5.41) is 2.98. The lowest BCUT2D eigenvalue weighted by atomic mass is 9.77. The van der Waals surface area contributed by atoms with Crippen LogP contribution in [-0.4, -0.2) is 11.9 Å². The summed E-state index contributed by atoms with van der Waals surface area (Å²) in [5.41, 5.74) is 0.250. The van der Waals surface area contributed by atoms with Crippen molar-refractivity contribution in [3.05, 3.63) is 0 Å². The first-order valence-electron chi connectivity index (χ1n) is 5.23. The predicted octanol–water partition coefficient (Wildman–Crippen LogP) is 2.73. The zero-order valence-electron chi connectivity index (χ0n) is 9.61. The number of carbonyl (C=O) groups excluding carboxylic acids is 1. The maximum atomic E-state index is 10.9. The van der Waals surface area contributed by atoms with E-state index in [1.54, 1.807) is 6.92 Å². The average molecular weight is 185 g/mol. The van der Waals surface area contributed by atoms with Gasteiger partial charge in [0.25, 0.3) is 0 Å². The normalized spacial score (nSPS) is 17.6. The van der Waals surface area contributed by atoms with E-state index in [4.69, 9.17) is 0 Å². The topological polar surface area (TPSA) is 29.1 Å². The molecule has 0 rings (SSSR count). The van der Waals surface area contributed by atoms with Crippen LogP contribution in [0.25, 0.3) is 0 Å². The Morgan fingerprint density at radius 3 is 2.31 bits per heavy atom. The lowest BCUT2D eigenvalue weighted by molar-refractivity contribution is -0.120. The highest BCUT2D eigenvalue weighted by Crippen LogP contribution is 2.31. The fraction of sp³-hybridized carbons (Fsp3) is 0.909. The summed E-state index contributed by atoms with van der Waals surface area (Å²) in [7, 11) is 0. The van der Waals surface area contributed by atoms with Crippen LogP contribution in [0.15, 0.2) is 0 Å². The van der Waals surface area contributed by atoms with Gasteiger partial charge in [0.2, 0.25) is 5.91 Å². The third-order valence-corrected chi connectivity index (χ3v) is 3.09. The molecular weight excluding hydrogens is 162 g/mol. The molecule has 0 heterocycles. The lowest BCUT2D eigenvalue weighted by Crippen LogP contribution is -2.43. The van der Waals surface area contributed by atoms with Crippen LogP contribution in [0.2, 0.25) is 0 Å². The molecule has 0 fully saturated rings. The Kier molecular flexibility index (Phi) is 5.04. The van der Waals surface area contributed by atoms with Crippen molar-refractivity contribution < 1.29 is 4.79 Å². The Morgan fingerprint density at radius 1 is 1.46 bits per heavy atom. The van der Waals surface area contributed by atoms with Gasteiger partial charge < -0.3 is 5.32 Å². The van der Waals surface area contributed by atoms with Gasteiger partial charge in [-0.1, -0.05) is 27.2 Å². The van der Waals surface area contributed by atoms with E-state index in [9.17, 15) is 4.79 Å². The van der Waals surface area contributed by atoms with Crippen molar-refractivity contribution in [2.24, 2.45) is 5.41 Å². The molecule has 2 heteroatoms. The SMILES string of the molecule is CCCC(C)(CC)C(C)NC(C)=O. The molecule has 0 aliphatic heterocycles. The molecule has 2 atom stereocenters. The molecule has 2 unspecified atom stereocenters. The first kappa shape index (κ1) is 12.5. The second-order valence-electron chi connectivity index (χ2n) is 4.18. The van der Waals surface area contributed by atoms with Crippen LogP contribution in [0.5, 0.6) is 0 Å². The van der Waals surface area contributed by atoms with Gasteiger partial charge in [-0.2, -0.15) is 0 Å². The second kappa shape index (κ2) is 5.25. The molecule has 0 aromatic rings. The molecule has 0 bridgehead atoms. The molecule has 0 saturated carbocycles. The smallest absolute Gasteiger partial charge is 0.217 e. The van der Waals surface area contributed by atoms with Gasteiger partial charge >= 0.3 is 0 Å². The van der Waals surface area contributed by atoms with Crippen LogP contribution in [0.3, 0.4) is 0 Å². The van der Waals surface area contributed by atoms with E-state index in [1.807, 2.05) is 0 Å². The van der Waals surface area contributed by atoms with Crippen LogP contribution in [0, 0.1) is 5.41 Å². The molecule has 1 amide bonds. The van der Waals surface area contributed by atoms with Gasteiger partial charge in [-0.05, 0) is 25.2 Å². The summed E-state index contributed by atoms with van der Waals surface area (Å²) in [6.07, 6.45) is 3.46. The minimum absolute atomic E-state index is 0.0725. The average Bonchev–Trinajstić information content (AvgIpc) is 2.03. The fourth-order valence-electron chi connectivity index (χ4n) is 1.75. The highest BCUT2D eigenvalue weighted by molar-refractivity contribution is 5.73. The number of hydrogen-bond donors (Lipinski definition) is 1. The van der Waals surface area contributed by atoms with Crippen molar-refractivity contribution in [1.82, 2.24) is 5.32 Å². The van der Waals surface area contributed by atoms with E-state index in [1.165, 1.54) is 12.8 Å². The van der Waals surface area contributed by atoms with Gasteiger partial charge in [-0.15, -0.1) is 0 Å². The first-order valence-corrected chi connectivity index (χ1v) is 5.23. The van der Waals surface area contributed by atoms with Gasteiger partial charge in [0.05, 0.1) is 0 Å². The van der Waals surface area contributed by atoms with E-state index in [0.717, 1.165) is 6.42 Å². The number of amides is 1. The van der Waals surface area contributed by atoms with Crippen LogP contribution in [-0.2, 0) is 4.79 Å². The van der Waals surface area contributed by atoms with Crippen LogP contribution < -0.4 is 5.32 Å². The summed E-state index contributed by atoms with van der Waals surface area (Å²) in [6.45, 7) is 10.3. The summed E-state index contributed by atoms with van der Waals surface area (Å²) in [5.74, 6) is 0.0725. The largest absolute Gasteiger partial charge is 0.353 e. The number of nitrogens with one attached hydrogen (secondary N) is 1. The van der Waals surface area contributed by atoms with E-state index in [2.05, 4.69) is 33.0 Å². The van der Waals surface area contributed by atoms with Gasteiger partial charge in [-0.3, -0.25) is 4.79 Å². The van der Waals surface area contributed by atoms with E-state index < -0.39 is 0 Å². The number of rotatable bonds is 5. The summed E-state index contributed by atoms with van der Waals surface area (Å²) < 4.78 is 0. The van der Waals surface area contributed by atoms with Gasteiger partial charge in [-0.25, -0.2) is 0 Å². The van der Waals surface area contributed by atoms with Gasteiger partial charge in [0.15, 0.2) is 0 Å². The zero-order valence-corrected chi connectivity index (χ0v) is 9.61. The van der Waals surface area contributed by atoms with Crippen LogP contribution >= 0.6 is 0 Å². The van der Waals surface area contributed by atoms with Crippen molar-refractivity contribution in [3.8, 4) is 0 Å². The van der Waals surface area contributed by atoms with Gasteiger partial charge in [0.1, 0.15) is 0 Å². The quantitative estimate of drug-likeness (QED) is 0.701. The number of hydrogen-bond acceptors (Lipinski definition) is 1. The van der Waals surface area contributed by atoms with Crippen molar-refractivity contribution >= 4 is 5.91 Å². The van der Waals surface area contributed by atoms with Gasteiger partial charge in [0, 0.05) is 13.0 Å². The van der Waals surface area contributed by atoms with Crippen molar-refractivity contribution in [3.63, 3.8) is 0 Å². The molecule has 0 radical (unpaired) electrons. The summed E-state index contributed by atoms with van der Waals surface area (Å²) >= 11 is 0. The maximum Gasteiger partial charge on any atom is 0.217 e. The molecule has 13 heavy (non-hydrogen) atoms. The molecule has 0 aliphatic carbocycles. The molecule has 2 nitrogen and oxygen atoms in total. The highest BCUT2D eigenvalue weighted by atomic mass is 16.1. The molecule has 1 N–H and O–H groups in total. The predicted molar refractivity (Wildman–Crippen MR) is 56.6 cm³/mol. The van der Waals surface area contributed by atoms with E-state index >= 15 is 0 Å². The summed E-state index contributed by atoms with van der Waals surface area (Å²) in [6, 6.07) is 0.273. The molecule has 0 saturated heterocycles. The Bertz CT molecular complexity index is 167. The minimum Gasteiger partial charge on any atom is -0.353 e. The zero-order chi connectivity index (χ0) is 10.5. The van der Waals surface area contributed by atoms with Crippen molar-refractivity contribution in [1.29, 1.82) is 0 Å². The first-order chi connectivity index (χ1) is 5.96. The Hall–Kier alpha value is -0.530. The monoisotopic (exact) mass is 185 g/mol. The third kappa shape index (κ3) is 3.79. The standard InChI is InChI=1S/C11H23NO/c1-6-8-11(5,7-2)9(3)12-10(4)13/h9H,6-8H2,1-5H3,(H,12,13). The van der Waals surface area contributed by atoms with Crippen molar-refractivity contribution in [2.75, 3.05) is 0 Å². The van der Waals surface area contributed by atoms with Crippen LogP contribution in [0.1, 0.15) is 53.9 Å². The molecular formula is C11H23NO. The second-order valence-corrected chi connectivity index (χ2v) is 4.18. The Labute approximate surface area is 82.1 Å². The summed E-state index contributed by atoms with van der Waals surface area (Å²) in [4.78, 5) is 10.9. The fourth-order valence-corrected chi connectivity index (χ4v) is 1.75. The van der Waals surface area contributed by atoms with E-state index in [0.29, 0.717) is 0 Å². The maximum absolute atomic E-state index is 10.9. The molecule has 78 valence electrons. The molecule has 0 aromatic heterocycles. The number of carbonyl (C=O) groups is 1. The molecule has 0 aliphatic rings.